The van der Waals surface area contributed by atoms with E-state index in [9.17, 15) is 0 Å². The molecule has 0 bridgehead atoms. The Kier molecular flexibility index (Phi) is 4.45. The van der Waals surface area contributed by atoms with Crippen LogP contribution in [0.5, 0.6) is 0 Å². The maximum atomic E-state index is 2.61. The van der Waals surface area contributed by atoms with Gasteiger partial charge in [0.2, 0.25) is 0 Å². The molecule has 0 unspecified atom stereocenters. The molecule has 1 nitrogen and oxygen atoms in total. The van der Waals surface area contributed by atoms with Crippen molar-refractivity contribution >= 4 is 0 Å². The second kappa shape index (κ2) is 5.88. The molecule has 0 amide bonds. The zero-order chi connectivity index (χ0) is 13.0. The maximum absolute atomic E-state index is 2.61. The Bertz CT molecular complexity index is 350. The van der Waals surface area contributed by atoms with Gasteiger partial charge in [0.25, 0.3) is 0 Å². The SMILES string of the molecule is CC(C)(C)CC[C@H]1CCN(Cc2ccccc2)C1. The smallest absolute Gasteiger partial charge is 0.0233 e. The molecule has 1 aliphatic rings. The Balaban J connectivity index is 1.75. The van der Waals surface area contributed by atoms with Crippen molar-refractivity contribution in [2.45, 2.75) is 46.6 Å². The van der Waals surface area contributed by atoms with Crippen LogP contribution >= 0.6 is 0 Å². The van der Waals surface area contributed by atoms with Crippen molar-refractivity contribution in [1.82, 2.24) is 4.90 Å². The van der Waals surface area contributed by atoms with E-state index in [-0.39, 0.29) is 0 Å². The van der Waals surface area contributed by atoms with Crippen LogP contribution in [0.4, 0.5) is 0 Å². The van der Waals surface area contributed by atoms with Crippen molar-refractivity contribution < 1.29 is 0 Å². The quantitative estimate of drug-likeness (QED) is 0.763. The van der Waals surface area contributed by atoms with Crippen LogP contribution in [0.1, 0.15) is 45.6 Å². The Hall–Kier alpha value is -0.820. The van der Waals surface area contributed by atoms with Crippen molar-refractivity contribution in [2.24, 2.45) is 11.3 Å². The molecular formula is C17H27N. The highest BCUT2D eigenvalue weighted by Gasteiger charge is 2.23. The molecule has 18 heavy (non-hydrogen) atoms. The van der Waals surface area contributed by atoms with E-state index < -0.39 is 0 Å². The Morgan fingerprint density at radius 1 is 1.17 bits per heavy atom. The Labute approximate surface area is 112 Å². The van der Waals surface area contributed by atoms with Crippen LogP contribution in [0.2, 0.25) is 0 Å². The fraction of sp³-hybridized carbons (Fsp3) is 0.647. The number of likely N-dealkylation sites (tertiary alicyclic amines) is 1. The van der Waals surface area contributed by atoms with Gasteiger partial charge in [0.05, 0.1) is 0 Å². The monoisotopic (exact) mass is 245 g/mol. The third kappa shape index (κ3) is 4.45. The maximum Gasteiger partial charge on any atom is 0.0233 e. The van der Waals surface area contributed by atoms with E-state index >= 15 is 0 Å². The second-order valence-corrected chi connectivity index (χ2v) is 6.97. The highest BCUT2D eigenvalue weighted by molar-refractivity contribution is 5.14. The van der Waals surface area contributed by atoms with Gasteiger partial charge in [0.15, 0.2) is 0 Å². The molecule has 0 aliphatic carbocycles. The first kappa shape index (κ1) is 13.6. The summed E-state index contributed by atoms with van der Waals surface area (Å²) in [5.74, 6) is 0.924. The minimum atomic E-state index is 0.493. The molecule has 1 aliphatic heterocycles. The Morgan fingerprint density at radius 2 is 1.89 bits per heavy atom. The van der Waals surface area contributed by atoms with Crippen molar-refractivity contribution in [1.29, 1.82) is 0 Å². The predicted octanol–water partition coefficient (Wildman–Crippen LogP) is 4.33. The summed E-state index contributed by atoms with van der Waals surface area (Å²) in [6.45, 7) is 10.8. The topological polar surface area (TPSA) is 3.24 Å². The molecule has 0 radical (unpaired) electrons. The lowest BCUT2D eigenvalue weighted by molar-refractivity contribution is 0.290. The minimum absolute atomic E-state index is 0.493. The molecule has 0 spiro atoms. The van der Waals surface area contributed by atoms with Crippen molar-refractivity contribution in [3.8, 4) is 0 Å². The summed E-state index contributed by atoms with van der Waals surface area (Å²) in [6.07, 6.45) is 4.15. The third-order valence-corrected chi connectivity index (χ3v) is 3.92. The van der Waals surface area contributed by atoms with E-state index in [2.05, 4.69) is 56.0 Å². The molecule has 2 rings (SSSR count). The normalized spacial score (nSPS) is 21.4. The molecule has 1 aromatic rings. The largest absolute Gasteiger partial charge is 0.299 e. The summed E-state index contributed by atoms with van der Waals surface area (Å²) in [6, 6.07) is 10.9. The molecule has 0 aromatic heterocycles. The molecule has 1 fully saturated rings. The average molecular weight is 245 g/mol. The number of benzene rings is 1. The molecular weight excluding hydrogens is 218 g/mol. The number of rotatable bonds is 4. The molecule has 1 saturated heterocycles. The summed E-state index contributed by atoms with van der Waals surface area (Å²) in [7, 11) is 0. The predicted molar refractivity (Wildman–Crippen MR) is 78.5 cm³/mol. The molecule has 1 aromatic carbocycles. The van der Waals surface area contributed by atoms with Gasteiger partial charge in [-0.25, -0.2) is 0 Å². The van der Waals surface area contributed by atoms with Crippen LogP contribution in [0.15, 0.2) is 30.3 Å². The van der Waals surface area contributed by atoms with Gasteiger partial charge in [-0.1, -0.05) is 51.1 Å². The van der Waals surface area contributed by atoms with Gasteiger partial charge in [0, 0.05) is 13.1 Å². The molecule has 1 heterocycles. The molecule has 0 N–H and O–H groups in total. The van der Waals surface area contributed by atoms with Gasteiger partial charge in [-0.2, -0.15) is 0 Å². The first-order valence-corrected chi connectivity index (χ1v) is 7.29. The van der Waals surface area contributed by atoms with Crippen LogP contribution in [0.3, 0.4) is 0 Å². The van der Waals surface area contributed by atoms with Crippen LogP contribution in [0.25, 0.3) is 0 Å². The standard InChI is InChI=1S/C17H27N/c1-17(2,3)11-9-16-10-12-18(14-16)13-15-7-5-4-6-8-15/h4-8,16H,9-14H2,1-3H3/t16-/m0/s1. The summed E-state index contributed by atoms with van der Waals surface area (Å²) in [5, 5.41) is 0. The average Bonchev–Trinajstić information content (AvgIpc) is 2.75. The molecule has 100 valence electrons. The molecule has 1 atom stereocenters. The van der Waals surface area contributed by atoms with E-state index in [1.807, 2.05) is 0 Å². The van der Waals surface area contributed by atoms with Crippen LogP contribution in [-0.4, -0.2) is 18.0 Å². The van der Waals surface area contributed by atoms with E-state index in [0.717, 1.165) is 12.5 Å². The first-order valence-electron chi connectivity index (χ1n) is 7.29. The number of hydrogen-bond acceptors (Lipinski definition) is 1. The molecule has 1 heteroatoms. The van der Waals surface area contributed by atoms with Crippen molar-refractivity contribution in [2.75, 3.05) is 13.1 Å². The highest BCUT2D eigenvalue weighted by atomic mass is 15.1. The van der Waals surface area contributed by atoms with Gasteiger partial charge in [0.1, 0.15) is 0 Å². The fourth-order valence-corrected chi connectivity index (χ4v) is 2.77. The lowest BCUT2D eigenvalue weighted by Crippen LogP contribution is -2.20. The molecule has 0 saturated carbocycles. The van der Waals surface area contributed by atoms with E-state index in [0.29, 0.717) is 5.41 Å². The minimum Gasteiger partial charge on any atom is -0.299 e. The second-order valence-electron chi connectivity index (χ2n) is 6.97. The summed E-state index contributed by atoms with van der Waals surface area (Å²) < 4.78 is 0. The lowest BCUT2D eigenvalue weighted by Gasteiger charge is -2.21. The first-order chi connectivity index (χ1) is 8.53. The van der Waals surface area contributed by atoms with Crippen LogP contribution < -0.4 is 0 Å². The van der Waals surface area contributed by atoms with Gasteiger partial charge in [-0.15, -0.1) is 0 Å². The van der Waals surface area contributed by atoms with E-state index in [1.54, 1.807) is 0 Å². The number of nitrogens with zero attached hydrogens (tertiary/aromatic N) is 1. The van der Waals surface area contributed by atoms with E-state index in [4.69, 9.17) is 0 Å². The third-order valence-electron chi connectivity index (χ3n) is 3.92. The Morgan fingerprint density at radius 3 is 2.56 bits per heavy atom. The van der Waals surface area contributed by atoms with Gasteiger partial charge in [-0.05, 0) is 42.7 Å². The zero-order valence-electron chi connectivity index (χ0n) is 12.2. The van der Waals surface area contributed by atoms with Gasteiger partial charge >= 0.3 is 0 Å². The lowest BCUT2D eigenvalue weighted by atomic mass is 9.86. The van der Waals surface area contributed by atoms with Crippen LogP contribution in [0, 0.1) is 11.3 Å². The van der Waals surface area contributed by atoms with Crippen molar-refractivity contribution in [3.63, 3.8) is 0 Å². The van der Waals surface area contributed by atoms with Crippen LogP contribution in [-0.2, 0) is 6.54 Å². The van der Waals surface area contributed by atoms with E-state index in [1.165, 1.54) is 37.9 Å². The van der Waals surface area contributed by atoms with Gasteiger partial charge in [-0.3, -0.25) is 4.90 Å². The number of hydrogen-bond donors (Lipinski definition) is 0. The fourth-order valence-electron chi connectivity index (χ4n) is 2.77. The zero-order valence-corrected chi connectivity index (χ0v) is 12.2. The summed E-state index contributed by atoms with van der Waals surface area (Å²) in [4.78, 5) is 2.61. The summed E-state index contributed by atoms with van der Waals surface area (Å²) in [5.41, 5.74) is 1.95. The highest BCUT2D eigenvalue weighted by Crippen LogP contribution is 2.28. The van der Waals surface area contributed by atoms with Gasteiger partial charge < -0.3 is 0 Å². The van der Waals surface area contributed by atoms with Crippen molar-refractivity contribution in [3.05, 3.63) is 35.9 Å². The summed E-state index contributed by atoms with van der Waals surface area (Å²) >= 11 is 0.